The van der Waals surface area contributed by atoms with Crippen LogP contribution in [0.5, 0.6) is 0 Å². The molecule has 1 unspecified atom stereocenters. The smallest absolute Gasteiger partial charge is 0.207 e. The van der Waals surface area contributed by atoms with E-state index < -0.39 is 61.7 Å². The second kappa shape index (κ2) is 6.82. The van der Waals surface area contributed by atoms with Gasteiger partial charge in [-0.3, -0.25) is 0 Å². The molecule has 0 aliphatic rings. The Bertz CT molecular complexity index is 344. The van der Waals surface area contributed by atoms with Crippen LogP contribution in [0.2, 0.25) is 0 Å². The molecule has 0 aliphatic heterocycles. The van der Waals surface area contributed by atoms with Gasteiger partial charge in [0.15, 0.2) is 0 Å². The van der Waals surface area contributed by atoms with Gasteiger partial charge in [0.1, 0.15) is 0 Å². The van der Waals surface area contributed by atoms with Crippen molar-refractivity contribution < 1.29 is 43.9 Å². The number of alkyl halides is 10. The summed E-state index contributed by atoms with van der Waals surface area (Å²) in [5.74, 6) is -20.7. The SMILES string of the molecule is CCC(F)(F)C(CCC(F)(F)C(F)(F)C(F)F)CC(C)(F)F. The number of halogens is 10. The van der Waals surface area contributed by atoms with Crippen LogP contribution in [0.3, 0.4) is 0 Å². The Morgan fingerprint density at radius 1 is 0.864 bits per heavy atom. The van der Waals surface area contributed by atoms with Crippen molar-refractivity contribution in [1.82, 2.24) is 0 Å². The lowest BCUT2D eigenvalue weighted by atomic mass is 9.86. The molecule has 0 heterocycles. The summed E-state index contributed by atoms with van der Waals surface area (Å²) in [5, 5.41) is 0. The van der Waals surface area contributed by atoms with Crippen molar-refractivity contribution >= 4 is 0 Å². The fourth-order valence-corrected chi connectivity index (χ4v) is 1.87. The molecule has 0 N–H and O–H groups in total. The maximum atomic E-state index is 13.5. The fraction of sp³-hybridized carbons (Fsp3) is 1.00. The van der Waals surface area contributed by atoms with Crippen LogP contribution < -0.4 is 0 Å². The first-order valence-corrected chi connectivity index (χ1v) is 6.36. The van der Waals surface area contributed by atoms with Crippen LogP contribution in [0.15, 0.2) is 0 Å². The van der Waals surface area contributed by atoms with E-state index in [1.165, 1.54) is 0 Å². The predicted molar refractivity (Wildman–Crippen MR) is 59.1 cm³/mol. The Hall–Kier alpha value is -0.700. The summed E-state index contributed by atoms with van der Waals surface area (Å²) in [5.41, 5.74) is 0. The highest BCUT2D eigenvalue weighted by Gasteiger charge is 2.62. The van der Waals surface area contributed by atoms with Crippen LogP contribution in [0.4, 0.5) is 43.9 Å². The van der Waals surface area contributed by atoms with Crippen molar-refractivity contribution in [2.45, 2.75) is 69.6 Å². The highest BCUT2D eigenvalue weighted by Crippen LogP contribution is 2.45. The number of rotatable bonds is 9. The lowest BCUT2D eigenvalue weighted by Crippen LogP contribution is -2.47. The van der Waals surface area contributed by atoms with E-state index in [0.29, 0.717) is 0 Å². The third-order valence-corrected chi connectivity index (χ3v) is 3.24. The van der Waals surface area contributed by atoms with Gasteiger partial charge >= 0.3 is 18.3 Å². The molecule has 0 nitrogen and oxygen atoms in total. The molecule has 0 spiro atoms. The molecule has 0 saturated heterocycles. The van der Waals surface area contributed by atoms with Crippen LogP contribution >= 0.6 is 0 Å². The summed E-state index contributed by atoms with van der Waals surface area (Å²) >= 11 is 0. The molecule has 0 fully saturated rings. The molecule has 0 aromatic carbocycles. The van der Waals surface area contributed by atoms with E-state index in [0.717, 1.165) is 6.92 Å². The molecule has 1 atom stereocenters. The highest BCUT2D eigenvalue weighted by atomic mass is 19.3. The third kappa shape index (κ3) is 5.49. The van der Waals surface area contributed by atoms with E-state index in [9.17, 15) is 43.9 Å². The minimum atomic E-state index is -5.71. The van der Waals surface area contributed by atoms with Gasteiger partial charge in [-0.1, -0.05) is 6.92 Å². The molecular weight excluding hydrogens is 334 g/mol. The molecule has 10 heteroatoms. The lowest BCUT2D eigenvalue weighted by Gasteiger charge is -2.31. The van der Waals surface area contributed by atoms with E-state index in [2.05, 4.69) is 0 Å². The molecular formula is C12H16F10. The van der Waals surface area contributed by atoms with Gasteiger partial charge in [-0.25, -0.2) is 26.3 Å². The molecule has 0 aromatic heterocycles. The molecule has 0 amide bonds. The number of hydrogen-bond acceptors (Lipinski definition) is 0. The van der Waals surface area contributed by atoms with Gasteiger partial charge in [-0.05, 0) is 13.3 Å². The molecule has 22 heavy (non-hydrogen) atoms. The molecule has 0 aliphatic carbocycles. The van der Waals surface area contributed by atoms with Crippen LogP contribution in [0.25, 0.3) is 0 Å². The zero-order valence-corrected chi connectivity index (χ0v) is 11.8. The van der Waals surface area contributed by atoms with Crippen molar-refractivity contribution in [3.8, 4) is 0 Å². The second-order valence-corrected chi connectivity index (χ2v) is 5.25. The maximum Gasteiger partial charge on any atom is 0.369 e. The topological polar surface area (TPSA) is 0 Å². The Kier molecular flexibility index (Phi) is 6.60. The van der Waals surface area contributed by atoms with Gasteiger partial charge in [0.05, 0.1) is 0 Å². The zero-order chi connectivity index (χ0) is 18.0. The molecule has 0 saturated carbocycles. The fourth-order valence-electron chi connectivity index (χ4n) is 1.87. The summed E-state index contributed by atoms with van der Waals surface area (Å²) in [4.78, 5) is 0. The molecule has 134 valence electrons. The Morgan fingerprint density at radius 3 is 1.64 bits per heavy atom. The van der Waals surface area contributed by atoms with Gasteiger partial charge in [-0.15, -0.1) is 0 Å². The standard InChI is InChI=1S/C12H16F10/c1-3-10(17,18)7(6-9(2,15)16)4-5-11(19,20)12(21,22)8(13)14/h7-8H,3-6H2,1-2H3. The lowest BCUT2D eigenvalue weighted by molar-refractivity contribution is -0.268. The van der Waals surface area contributed by atoms with E-state index in [-0.39, 0.29) is 6.92 Å². The van der Waals surface area contributed by atoms with E-state index in [1.54, 1.807) is 0 Å². The van der Waals surface area contributed by atoms with Crippen LogP contribution in [-0.4, -0.2) is 30.1 Å². The summed E-state index contributed by atoms with van der Waals surface area (Å²) in [6, 6.07) is 0. The summed E-state index contributed by atoms with van der Waals surface area (Å²) in [6.07, 6.45) is -10.6. The van der Waals surface area contributed by atoms with Crippen LogP contribution in [0, 0.1) is 5.92 Å². The molecule has 0 radical (unpaired) electrons. The summed E-state index contributed by atoms with van der Waals surface area (Å²) < 4.78 is 128. The molecule has 0 aromatic rings. The van der Waals surface area contributed by atoms with Crippen LogP contribution in [-0.2, 0) is 0 Å². The third-order valence-electron chi connectivity index (χ3n) is 3.24. The summed E-state index contributed by atoms with van der Waals surface area (Å²) in [6.45, 7) is 1.18. The van der Waals surface area contributed by atoms with E-state index in [1.807, 2.05) is 0 Å². The minimum Gasteiger partial charge on any atom is -0.207 e. The first-order valence-electron chi connectivity index (χ1n) is 6.36. The Morgan fingerprint density at radius 2 is 1.32 bits per heavy atom. The zero-order valence-electron chi connectivity index (χ0n) is 11.8. The largest absolute Gasteiger partial charge is 0.369 e. The van der Waals surface area contributed by atoms with Gasteiger partial charge in [0.25, 0.3) is 5.92 Å². The minimum absolute atomic E-state index is 0.275. The van der Waals surface area contributed by atoms with E-state index in [4.69, 9.17) is 0 Å². The highest BCUT2D eigenvalue weighted by molar-refractivity contribution is 4.89. The second-order valence-electron chi connectivity index (χ2n) is 5.25. The quantitative estimate of drug-likeness (QED) is 0.447. The average Bonchev–Trinajstić information content (AvgIpc) is 2.32. The van der Waals surface area contributed by atoms with Gasteiger partial charge < -0.3 is 0 Å². The first kappa shape index (κ1) is 21.3. The number of hydrogen-bond donors (Lipinski definition) is 0. The first-order chi connectivity index (χ1) is 9.57. The van der Waals surface area contributed by atoms with Crippen molar-refractivity contribution in [2.75, 3.05) is 0 Å². The van der Waals surface area contributed by atoms with Gasteiger partial charge in [-0.2, -0.15) is 17.6 Å². The van der Waals surface area contributed by atoms with Crippen molar-refractivity contribution in [2.24, 2.45) is 5.92 Å². The normalized spacial score (nSPS) is 16.2. The van der Waals surface area contributed by atoms with Gasteiger partial charge in [0, 0.05) is 25.2 Å². The average molecular weight is 350 g/mol. The molecule has 0 bridgehead atoms. The van der Waals surface area contributed by atoms with Gasteiger partial charge in [0.2, 0.25) is 5.92 Å². The molecule has 0 rings (SSSR count). The van der Waals surface area contributed by atoms with Crippen molar-refractivity contribution in [3.05, 3.63) is 0 Å². The Labute approximate surface area is 120 Å². The predicted octanol–water partition coefficient (Wildman–Crippen LogP) is 6.01. The maximum absolute atomic E-state index is 13.5. The van der Waals surface area contributed by atoms with Crippen LogP contribution in [0.1, 0.15) is 39.5 Å². The monoisotopic (exact) mass is 350 g/mol. The van der Waals surface area contributed by atoms with Crippen molar-refractivity contribution in [1.29, 1.82) is 0 Å². The Balaban J connectivity index is 5.12. The summed E-state index contributed by atoms with van der Waals surface area (Å²) in [7, 11) is 0. The van der Waals surface area contributed by atoms with Crippen molar-refractivity contribution in [3.63, 3.8) is 0 Å². The van der Waals surface area contributed by atoms with E-state index >= 15 is 0 Å².